The van der Waals surface area contributed by atoms with Gasteiger partial charge in [-0.05, 0) is 53.6 Å². The Morgan fingerprint density at radius 3 is 2.79 bits per heavy atom. The number of benzene rings is 2. The van der Waals surface area contributed by atoms with Crippen LogP contribution in [0, 0.1) is 5.92 Å². The second-order valence-corrected chi connectivity index (χ2v) is 10.5. The molecule has 5 rings (SSSR count). The van der Waals surface area contributed by atoms with Crippen LogP contribution < -0.4 is 15.0 Å². The Morgan fingerprint density at radius 1 is 1.18 bits per heavy atom. The number of halogens is 1. The lowest BCUT2D eigenvalue weighted by Crippen LogP contribution is -2.61. The summed E-state index contributed by atoms with van der Waals surface area (Å²) in [6, 6.07) is 18.6. The molecular weight excluding hydrogens is 466 g/mol. The predicted molar refractivity (Wildman–Crippen MR) is 139 cm³/mol. The predicted octanol–water partition coefficient (Wildman–Crippen LogP) is 4.63. The van der Waals surface area contributed by atoms with Gasteiger partial charge in [-0.3, -0.25) is 9.69 Å². The average Bonchev–Trinajstić information content (AvgIpc) is 3.38. The number of nitrogens with zero attached hydrogens (tertiary/aromatic N) is 2. The molecule has 0 unspecified atom stereocenters. The van der Waals surface area contributed by atoms with Crippen LogP contribution in [0.2, 0.25) is 5.02 Å². The van der Waals surface area contributed by atoms with Crippen LogP contribution in [0.3, 0.4) is 0 Å². The summed E-state index contributed by atoms with van der Waals surface area (Å²) in [4.78, 5) is 19.6. The van der Waals surface area contributed by atoms with Crippen LogP contribution in [-0.2, 0) is 24.2 Å². The summed E-state index contributed by atoms with van der Waals surface area (Å²) in [5.41, 5.74) is 3.67. The number of hydrogen-bond acceptors (Lipinski definition) is 5. The molecule has 3 heterocycles. The number of piperazine rings is 1. The first-order valence-corrected chi connectivity index (χ1v) is 13.1. The molecule has 1 amide bonds. The molecule has 3 aromatic rings. The Kier molecular flexibility index (Phi) is 7.09. The largest absolute Gasteiger partial charge is 0.497 e. The van der Waals surface area contributed by atoms with E-state index in [1.54, 1.807) is 18.4 Å². The molecular formula is C27H30ClN3O2S. The second kappa shape index (κ2) is 10.4. The smallest absolute Gasteiger partial charge is 0.225 e. The number of carbonyl (C=O) groups excluding carboxylic acids is 1. The minimum Gasteiger partial charge on any atom is -0.497 e. The number of methoxy groups -OCH3 is 1. The Hall–Kier alpha value is -2.54. The van der Waals surface area contributed by atoms with Crippen molar-refractivity contribution in [3.63, 3.8) is 0 Å². The molecule has 178 valence electrons. The Morgan fingerprint density at radius 2 is 2.03 bits per heavy atom. The third-order valence-corrected chi connectivity index (χ3v) is 8.10. The van der Waals surface area contributed by atoms with Crippen LogP contribution in [0.15, 0.2) is 60.0 Å². The first-order chi connectivity index (χ1) is 16.6. The van der Waals surface area contributed by atoms with Crippen molar-refractivity contribution in [3.8, 4) is 5.75 Å². The number of thiophene rings is 1. The molecule has 2 atom stereocenters. The van der Waals surface area contributed by atoms with Crippen LogP contribution in [0.5, 0.6) is 5.75 Å². The number of amides is 1. The molecule has 1 fully saturated rings. The van der Waals surface area contributed by atoms with E-state index in [1.807, 2.05) is 18.2 Å². The zero-order valence-electron chi connectivity index (χ0n) is 19.4. The molecule has 0 saturated carbocycles. The number of ether oxygens (including phenoxy) is 1. The van der Waals surface area contributed by atoms with Gasteiger partial charge in [0.25, 0.3) is 0 Å². The maximum atomic E-state index is 13.4. The molecule has 5 nitrogen and oxygen atoms in total. The first kappa shape index (κ1) is 23.2. The van der Waals surface area contributed by atoms with Gasteiger partial charge in [0, 0.05) is 54.4 Å². The molecule has 7 heteroatoms. The molecule has 2 aliphatic heterocycles. The van der Waals surface area contributed by atoms with Crippen molar-refractivity contribution in [1.29, 1.82) is 0 Å². The van der Waals surface area contributed by atoms with Gasteiger partial charge in [-0.1, -0.05) is 35.9 Å². The lowest BCUT2D eigenvalue weighted by Gasteiger charge is -2.49. The molecule has 34 heavy (non-hydrogen) atoms. The number of carbonyl (C=O) groups is 1. The van der Waals surface area contributed by atoms with Crippen molar-refractivity contribution in [1.82, 2.24) is 10.2 Å². The summed E-state index contributed by atoms with van der Waals surface area (Å²) in [5, 5.41) is 6.07. The van der Waals surface area contributed by atoms with Crippen molar-refractivity contribution in [2.24, 2.45) is 5.92 Å². The second-order valence-electron chi connectivity index (χ2n) is 9.05. The standard InChI is InChI=1S/C27H30ClN3O2S/c1-33-22-9-6-20-15-24(27(32)29-11-10-23-3-2-14-34-23)26-18-30(12-13-31(26)25(20)16-22)17-19-4-7-21(28)8-5-19/h2-9,14,16,24,26H,10-13,15,17-18H2,1H3,(H,29,32)/t24-,26-/m0/s1. The van der Waals surface area contributed by atoms with Crippen molar-refractivity contribution >= 4 is 34.5 Å². The summed E-state index contributed by atoms with van der Waals surface area (Å²) >= 11 is 7.81. The highest BCUT2D eigenvalue weighted by molar-refractivity contribution is 7.09. The van der Waals surface area contributed by atoms with Gasteiger partial charge in [0.1, 0.15) is 5.75 Å². The van der Waals surface area contributed by atoms with Gasteiger partial charge in [0.15, 0.2) is 0 Å². The van der Waals surface area contributed by atoms with E-state index in [1.165, 1.54) is 21.7 Å². The van der Waals surface area contributed by atoms with E-state index in [4.69, 9.17) is 16.3 Å². The summed E-state index contributed by atoms with van der Waals surface area (Å²) in [7, 11) is 1.70. The molecule has 0 bridgehead atoms. The van der Waals surface area contributed by atoms with Gasteiger partial charge in [-0.15, -0.1) is 11.3 Å². The normalized spacial score (nSPS) is 19.9. The van der Waals surface area contributed by atoms with E-state index < -0.39 is 0 Å². The lowest BCUT2D eigenvalue weighted by atomic mass is 9.83. The van der Waals surface area contributed by atoms with E-state index in [2.05, 4.69) is 56.9 Å². The van der Waals surface area contributed by atoms with Gasteiger partial charge in [-0.2, -0.15) is 0 Å². The summed E-state index contributed by atoms with van der Waals surface area (Å²) in [6.45, 7) is 4.22. The first-order valence-electron chi connectivity index (χ1n) is 11.8. The van der Waals surface area contributed by atoms with Crippen molar-refractivity contribution in [3.05, 3.63) is 81.0 Å². The maximum Gasteiger partial charge on any atom is 0.225 e. The van der Waals surface area contributed by atoms with Gasteiger partial charge < -0.3 is 15.0 Å². The molecule has 2 aromatic carbocycles. The van der Waals surface area contributed by atoms with E-state index in [0.717, 1.165) is 49.8 Å². The minimum absolute atomic E-state index is 0.0859. The summed E-state index contributed by atoms with van der Waals surface area (Å²) in [5.74, 6) is 0.929. The molecule has 1 N–H and O–H groups in total. The van der Waals surface area contributed by atoms with E-state index in [0.29, 0.717) is 6.54 Å². The van der Waals surface area contributed by atoms with Crippen LogP contribution in [-0.4, -0.2) is 50.1 Å². The SMILES string of the molecule is COc1ccc2c(c1)N1CCN(Cc3ccc(Cl)cc3)C[C@H]1[C@@H](C(=O)NCCc1cccs1)C2. The zero-order chi connectivity index (χ0) is 23.5. The molecule has 1 aromatic heterocycles. The van der Waals surface area contributed by atoms with Crippen LogP contribution in [0.25, 0.3) is 0 Å². The van der Waals surface area contributed by atoms with E-state index >= 15 is 0 Å². The van der Waals surface area contributed by atoms with E-state index in [9.17, 15) is 4.79 Å². The van der Waals surface area contributed by atoms with Crippen LogP contribution in [0.4, 0.5) is 5.69 Å². The van der Waals surface area contributed by atoms with Crippen LogP contribution in [0.1, 0.15) is 16.0 Å². The quantitative estimate of drug-likeness (QED) is 0.519. The Bertz CT molecular complexity index is 1120. The van der Waals surface area contributed by atoms with Gasteiger partial charge in [0.05, 0.1) is 19.1 Å². The van der Waals surface area contributed by atoms with Crippen molar-refractivity contribution in [2.75, 3.05) is 38.2 Å². The summed E-state index contributed by atoms with van der Waals surface area (Å²) < 4.78 is 5.51. The van der Waals surface area contributed by atoms with Crippen LogP contribution >= 0.6 is 22.9 Å². The van der Waals surface area contributed by atoms with Gasteiger partial charge >= 0.3 is 0 Å². The maximum absolute atomic E-state index is 13.4. The van der Waals surface area contributed by atoms with Crippen molar-refractivity contribution in [2.45, 2.75) is 25.4 Å². The monoisotopic (exact) mass is 495 g/mol. The number of hydrogen-bond donors (Lipinski definition) is 1. The van der Waals surface area contributed by atoms with Gasteiger partial charge in [-0.25, -0.2) is 0 Å². The van der Waals surface area contributed by atoms with Gasteiger partial charge in [0.2, 0.25) is 5.91 Å². The van der Waals surface area contributed by atoms with E-state index in [-0.39, 0.29) is 17.9 Å². The molecule has 0 radical (unpaired) electrons. The average molecular weight is 496 g/mol. The third-order valence-electron chi connectivity index (χ3n) is 6.92. The Labute approximate surface area is 210 Å². The number of fused-ring (bicyclic) bond motifs is 3. The topological polar surface area (TPSA) is 44.8 Å². The third kappa shape index (κ3) is 5.09. The number of nitrogens with one attached hydrogen (secondary N) is 1. The fourth-order valence-electron chi connectivity index (χ4n) is 5.15. The molecule has 0 spiro atoms. The highest BCUT2D eigenvalue weighted by Crippen LogP contribution is 2.38. The highest BCUT2D eigenvalue weighted by Gasteiger charge is 2.41. The molecule has 0 aliphatic carbocycles. The highest BCUT2D eigenvalue weighted by atomic mass is 35.5. The lowest BCUT2D eigenvalue weighted by molar-refractivity contribution is -0.126. The number of rotatable bonds is 7. The molecule has 2 aliphatic rings. The summed E-state index contributed by atoms with van der Waals surface area (Å²) in [6.07, 6.45) is 1.63. The molecule has 1 saturated heterocycles. The van der Waals surface area contributed by atoms with Crippen molar-refractivity contribution < 1.29 is 9.53 Å². The fourth-order valence-corrected chi connectivity index (χ4v) is 5.99. The fraction of sp³-hybridized carbons (Fsp3) is 0.370. The zero-order valence-corrected chi connectivity index (χ0v) is 20.9. The minimum atomic E-state index is -0.0859. The Balaban J connectivity index is 1.34. The number of anilines is 1.